The Kier molecular flexibility index (Phi) is 3.92. The van der Waals surface area contributed by atoms with Crippen LogP contribution in [0.2, 0.25) is 5.15 Å². The molecule has 0 N–H and O–H groups in total. The highest BCUT2D eigenvalue weighted by molar-refractivity contribution is 6.32. The number of halogens is 1. The van der Waals surface area contributed by atoms with Gasteiger partial charge in [-0.05, 0) is 36.6 Å². The van der Waals surface area contributed by atoms with Crippen LogP contribution in [-0.2, 0) is 13.0 Å². The Morgan fingerprint density at radius 1 is 1.14 bits per heavy atom. The van der Waals surface area contributed by atoms with E-state index < -0.39 is 0 Å². The van der Waals surface area contributed by atoms with Crippen molar-refractivity contribution in [2.75, 3.05) is 0 Å². The van der Waals surface area contributed by atoms with Crippen molar-refractivity contribution in [3.8, 4) is 6.07 Å². The van der Waals surface area contributed by atoms with Crippen molar-refractivity contribution in [3.05, 3.63) is 69.9 Å². The minimum Gasteiger partial charge on any atom is -0.326 e. The summed E-state index contributed by atoms with van der Waals surface area (Å²) >= 11 is 6.48. The van der Waals surface area contributed by atoms with Gasteiger partial charge in [0.2, 0.25) is 0 Å². The Bertz CT molecular complexity index is 884. The molecule has 3 rings (SSSR count). The molecule has 3 aromatic rings. The number of aryl methyl sites for hydroxylation is 2. The molecule has 0 spiro atoms. The number of fused-ring (bicyclic) bond motifs is 1. The molecule has 0 saturated carbocycles. The number of hydrogen-bond acceptors (Lipinski definition) is 1. The average Bonchev–Trinajstić information content (AvgIpc) is 2.78. The SMILES string of the molecule is CCc1ccc2c(c1)c(C#N)c(Cl)n2Cc1cccc(C)c1. The molecule has 0 aliphatic rings. The minimum atomic E-state index is 0.521. The predicted octanol–water partition coefficient (Wildman–Crippen LogP) is 5.09. The van der Waals surface area contributed by atoms with E-state index >= 15 is 0 Å². The van der Waals surface area contributed by atoms with Gasteiger partial charge in [0.25, 0.3) is 0 Å². The predicted molar refractivity (Wildman–Crippen MR) is 91.3 cm³/mol. The molecule has 1 heterocycles. The summed E-state index contributed by atoms with van der Waals surface area (Å²) < 4.78 is 2.02. The summed E-state index contributed by atoms with van der Waals surface area (Å²) in [5.74, 6) is 0. The largest absolute Gasteiger partial charge is 0.326 e. The van der Waals surface area contributed by atoms with Gasteiger partial charge in [-0.25, -0.2) is 0 Å². The third kappa shape index (κ3) is 2.49. The lowest BCUT2D eigenvalue weighted by Crippen LogP contribution is -2.00. The first-order valence-electron chi connectivity index (χ1n) is 7.40. The van der Waals surface area contributed by atoms with E-state index in [1.807, 2.05) is 10.6 Å². The molecule has 2 nitrogen and oxygen atoms in total. The molecule has 0 fully saturated rings. The number of benzene rings is 2. The zero-order chi connectivity index (χ0) is 15.7. The zero-order valence-electron chi connectivity index (χ0n) is 12.7. The normalized spacial score (nSPS) is 10.8. The van der Waals surface area contributed by atoms with Gasteiger partial charge in [0.1, 0.15) is 11.2 Å². The summed E-state index contributed by atoms with van der Waals surface area (Å²) in [6.45, 7) is 4.86. The quantitative estimate of drug-likeness (QED) is 0.663. The van der Waals surface area contributed by atoms with Crippen molar-refractivity contribution >= 4 is 22.5 Å². The first-order valence-corrected chi connectivity index (χ1v) is 7.78. The number of nitrogens with zero attached hydrogens (tertiary/aromatic N) is 2. The number of rotatable bonds is 3. The van der Waals surface area contributed by atoms with Crippen LogP contribution in [0.25, 0.3) is 10.9 Å². The maximum atomic E-state index is 9.46. The second-order valence-electron chi connectivity index (χ2n) is 5.56. The van der Waals surface area contributed by atoms with E-state index in [2.05, 4.69) is 56.3 Å². The Balaban J connectivity index is 2.17. The molecule has 0 saturated heterocycles. The first kappa shape index (κ1) is 14.7. The van der Waals surface area contributed by atoms with E-state index in [-0.39, 0.29) is 0 Å². The molecule has 22 heavy (non-hydrogen) atoms. The maximum absolute atomic E-state index is 9.46. The average molecular weight is 309 g/mol. The van der Waals surface area contributed by atoms with E-state index in [1.165, 1.54) is 16.7 Å². The van der Waals surface area contributed by atoms with Crippen molar-refractivity contribution < 1.29 is 0 Å². The molecule has 110 valence electrons. The molecule has 0 atom stereocenters. The summed E-state index contributed by atoms with van der Waals surface area (Å²) in [4.78, 5) is 0. The summed E-state index contributed by atoms with van der Waals surface area (Å²) in [6, 6.07) is 16.9. The minimum absolute atomic E-state index is 0.521. The van der Waals surface area contributed by atoms with Crippen LogP contribution in [0.15, 0.2) is 42.5 Å². The Morgan fingerprint density at radius 2 is 1.95 bits per heavy atom. The zero-order valence-corrected chi connectivity index (χ0v) is 13.5. The fourth-order valence-electron chi connectivity index (χ4n) is 2.84. The van der Waals surface area contributed by atoms with Gasteiger partial charge >= 0.3 is 0 Å². The van der Waals surface area contributed by atoms with Crippen molar-refractivity contribution in [3.63, 3.8) is 0 Å². The van der Waals surface area contributed by atoms with Gasteiger partial charge in [0, 0.05) is 11.9 Å². The molecular formula is C19H17ClN2. The highest BCUT2D eigenvalue weighted by Crippen LogP contribution is 2.31. The number of nitriles is 1. The van der Waals surface area contributed by atoms with Gasteiger partial charge in [0.15, 0.2) is 0 Å². The highest BCUT2D eigenvalue weighted by Gasteiger charge is 2.16. The van der Waals surface area contributed by atoms with Crippen LogP contribution in [0.1, 0.15) is 29.2 Å². The summed E-state index contributed by atoms with van der Waals surface area (Å²) in [7, 11) is 0. The summed E-state index contributed by atoms with van der Waals surface area (Å²) in [5.41, 5.74) is 5.20. The molecule has 0 amide bonds. The van der Waals surface area contributed by atoms with E-state index in [4.69, 9.17) is 11.6 Å². The van der Waals surface area contributed by atoms with Crippen molar-refractivity contribution in [1.82, 2.24) is 4.57 Å². The van der Waals surface area contributed by atoms with Gasteiger partial charge in [0.05, 0.1) is 11.1 Å². The molecule has 0 bridgehead atoms. The Morgan fingerprint density at radius 3 is 2.64 bits per heavy atom. The Labute approximate surface area is 135 Å². The molecule has 1 aromatic heterocycles. The van der Waals surface area contributed by atoms with Crippen LogP contribution in [-0.4, -0.2) is 4.57 Å². The Hall–Kier alpha value is -2.24. The second kappa shape index (κ2) is 5.87. The smallest absolute Gasteiger partial charge is 0.128 e. The molecule has 0 aliphatic heterocycles. The van der Waals surface area contributed by atoms with Crippen molar-refractivity contribution in [2.45, 2.75) is 26.8 Å². The fourth-order valence-corrected chi connectivity index (χ4v) is 3.14. The number of aromatic nitrogens is 1. The van der Waals surface area contributed by atoms with Crippen LogP contribution in [0.5, 0.6) is 0 Å². The third-order valence-electron chi connectivity index (χ3n) is 4.01. The second-order valence-corrected chi connectivity index (χ2v) is 5.92. The monoisotopic (exact) mass is 308 g/mol. The van der Waals surface area contributed by atoms with Gasteiger partial charge in [-0.3, -0.25) is 0 Å². The molecule has 3 heteroatoms. The lowest BCUT2D eigenvalue weighted by Gasteiger charge is -2.08. The summed E-state index contributed by atoms with van der Waals surface area (Å²) in [6.07, 6.45) is 0.946. The van der Waals surface area contributed by atoms with Gasteiger partial charge < -0.3 is 4.57 Å². The van der Waals surface area contributed by atoms with Gasteiger partial charge in [-0.15, -0.1) is 0 Å². The topological polar surface area (TPSA) is 28.7 Å². The van der Waals surface area contributed by atoms with E-state index in [1.54, 1.807) is 0 Å². The van der Waals surface area contributed by atoms with Gasteiger partial charge in [-0.1, -0.05) is 54.4 Å². The highest BCUT2D eigenvalue weighted by atomic mass is 35.5. The van der Waals surface area contributed by atoms with Crippen LogP contribution < -0.4 is 0 Å². The van der Waals surface area contributed by atoms with Crippen molar-refractivity contribution in [2.24, 2.45) is 0 Å². The van der Waals surface area contributed by atoms with Crippen LogP contribution in [0.3, 0.4) is 0 Å². The summed E-state index contributed by atoms with van der Waals surface area (Å²) in [5, 5.41) is 10.9. The maximum Gasteiger partial charge on any atom is 0.128 e. The van der Waals surface area contributed by atoms with E-state index in [9.17, 15) is 5.26 Å². The van der Waals surface area contributed by atoms with Crippen molar-refractivity contribution in [1.29, 1.82) is 5.26 Å². The lowest BCUT2D eigenvalue weighted by atomic mass is 10.1. The molecule has 0 unspecified atom stereocenters. The number of hydrogen-bond donors (Lipinski definition) is 0. The van der Waals surface area contributed by atoms with Crippen LogP contribution >= 0.6 is 11.6 Å². The first-order chi connectivity index (χ1) is 10.6. The molecule has 0 aliphatic carbocycles. The van der Waals surface area contributed by atoms with Crippen LogP contribution in [0, 0.1) is 18.3 Å². The van der Waals surface area contributed by atoms with Crippen LogP contribution in [0.4, 0.5) is 0 Å². The lowest BCUT2D eigenvalue weighted by molar-refractivity contribution is 0.835. The van der Waals surface area contributed by atoms with Gasteiger partial charge in [-0.2, -0.15) is 5.26 Å². The van der Waals surface area contributed by atoms with E-state index in [0.29, 0.717) is 17.3 Å². The molecule has 0 radical (unpaired) electrons. The molecule has 2 aromatic carbocycles. The third-order valence-corrected chi connectivity index (χ3v) is 4.40. The standard InChI is InChI=1S/C19H17ClN2/c1-3-14-7-8-18-16(10-14)17(11-21)19(20)22(18)12-15-6-4-5-13(2)9-15/h4-10H,3,12H2,1-2H3. The molecular weight excluding hydrogens is 292 g/mol. The fraction of sp³-hybridized carbons (Fsp3) is 0.211. The van der Waals surface area contributed by atoms with E-state index in [0.717, 1.165) is 17.3 Å².